The topological polar surface area (TPSA) is 12.0 Å². The van der Waals surface area contributed by atoms with Gasteiger partial charge in [-0.05, 0) is 67.7 Å². The van der Waals surface area contributed by atoms with Crippen LogP contribution in [-0.2, 0) is 12.8 Å². The normalized spacial score (nSPS) is 12.4. The largest absolute Gasteiger partial charge is 0.319 e. The molecule has 0 spiro atoms. The van der Waals surface area contributed by atoms with Crippen LogP contribution in [0.2, 0.25) is 10.0 Å². The monoisotopic (exact) mass is 325 g/mol. The third-order valence-corrected chi connectivity index (χ3v) is 3.98. The molecule has 1 nitrogen and oxygen atoms in total. The van der Waals surface area contributed by atoms with Gasteiger partial charge < -0.3 is 5.32 Å². The number of nitrogens with one attached hydrogen (secondary N) is 1. The number of halogens is 3. The lowest BCUT2D eigenvalue weighted by Gasteiger charge is -2.17. The van der Waals surface area contributed by atoms with Crippen LogP contribution in [0.25, 0.3) is 0 Å². The van der Waals surface area contributed by atoms with E-state index in [0.29, 0.717) is 5.92 Å². The van der Waals surface area contributed by atoms with Crippen molar-refractivity contribution < 1.29 is 4.39 Å². The van der Waals surface area contributed by atoms with Crippen molar-refractivity contribution in [2.45, 2.75) is 12.8 Å². The lowest BCUT2D eigenvalue weighted by molar-refractivity contribution is 0.493. The van der Waals surface area contributed by atoms with Crippen molar-refractivity contribution in [2.24, 2.45) is 5.92 Å². The maximum atomic E-state index is 13.2. The molecule has 2 rings (SSSR count). The van der Waals surface area contributed by atoms with Crippen molar-refractivity contribution in [3.63, 3.8) is 0 Å². The Kier molecular flexibility index (Phi) is 6.04. The second-order valence-corrected chi connectivity index (χ2v) is 6.05. The summed E-state index contributed by atoms with van der Waals surface area (Å²) in [6.45, 7) is 0.887. The predicted molar refractivity (Wildman–Crippen MR) is 87.7 cm³/mol. The lowest BCUT2D eigenvalue weighted by Crippen LogP contribution is -2.22. The van der Waals surface area contributed by atoms with E-state index in [4.69, 9.17) is 23.2 Å². The molecule has 0 amide bonds. The Hall–Kier alpha value is -1.09. The van der Waals surface area contributed by atoms with Crippen LogP contribution in [0.1, 0.15) is 11.1 Å². The molecule has 0 aliphatic carbocycles. The average Bonchev–Trinajstić information content (AvgIpc) is 2.46. The van der Waals surface area contributed by atoms with E-state index in [1.54, 1.807) is 12.1 Å². The molecule has 0 bridgehead atoms. The van der Waals surface area contributed by atoms with Crippen molar-refractivity contribution in [1.82, 2.24) is 5.32 Å². The van der Waals surface area contributed by atoms with Gasteiger partial charge >= 0.3 is 0 Å². The van der Waals surface area contributed by atoms with Gasteiger partial charge in [-0.3, -0.25) is 0 Å². The first-order valence-electron chi connectivity index (χ1n) is 6.91. The highest BCUT2D eigenvalue weighted by Gasteiger charge is 2.11. The third-order valence-electron chi connectivity index (χ3n) is 3.44. The van der Waals surface area contributed by atoms with Crippen LogP contribution in [-0.4, -0.2) is 13.6 Å². The molecule has 1 N–H and O–H groups in total. The summed E-state index contributed by atoms with van der Waals surface area (Å²) in [5.41, 5.74) is 2.29. The highest BCUT2D eigenvalue weighted by molar-refractivity contribution is 6.31. The molecule has 0 fully saturated rings. The van der Waals surface area contributed by atoms with Crippen molar-refractivity contribution in [3.8, 4) is 0 Å². The third kappa shape index (κ3) is 4.99. The van der Waals surface area contributed by atoms with Gasteiger partial charge in [0.25, 0.3) is 0 Å². The minimum Gasteiger partial charge on any atom is -0.319 e. The Labute approximate surface area is 135 Å². The molecule has 0 saturated heterocycles. The molecule has 0 saturated carbocycles. The molecule has 112 valence electrons. The summed E-state index contributed by atoms with van der Waals surface area (Å²) in [6.07, 6.45) is 1.79. The van der Waals surface area contributed by atoms with E-state index in [-0.39, 0.29) is 10.8 Å². The zero-order chi connectivity index (χ0) is 15.2. The molecule has 1 atom stereocenters. The first-order valence-corrected chi connectivity index (χ1v) is 7.67. The molecule has 2 aromatic carbocycles. The van der Waals surface area contributed by atoms with E-state index in [0.717, 1.165) is 30.0 Å². The molecule has 2 aromatic rings. The van der Waals surface area contributed by atoms with Crippen molar-refractivity contribution in [2.75, 3.05) is 13.6 Å². The van der Waals surface area contributed by atoms with E-state index >= 15 is 0 Å². The van der Waals surface area contributed by atoms with Gasteiger partial charge in [-0.2, -0.15) is 0 Å². The highest BCUT2D eigenvalue weighted by atomic mass is 35.5. The molecule has 0 radical (unpaired) electrons. The first kappa shape index (κ1) is 16.3. The van der Waals surface area contributed by atoms with Crippen molar-refractivity contribution in [1.29, 1.82) is 0 Å². The van der Waals surface area contributed by atoms with Crippen LogP contribution in [0.3, 0.4) is 0 Å². The zero-order valence-corrected chi connectivity index (χ0v) is 13.4. The summed E-state index contributed by atoms with van der Waals surface area (Å²) in [7, 11) is 1.94. The van der Waals surface area contributed by atoms with Crippen LogP contribution < -0.4 is 5.32 Å². The van der Waals surface area contributed by atoms with Gasteiger partial charge in [0.2, 0.25) is 0 Å². The first-order chi connectivity index (χ1) is 10.1. The summed E-state index contributed by atoms with van der Waals surface area (Å²) >= 11 is 11.8. The Morgan fingerprint density at radius 2 is 1.62 bits per heavy atom. The fourth-order valence-corrected chi connectivity index (χ4v) is 2.79. The maximum Gasteiger partial charge on any atom is 0.141 e. The van der Waals surface area contributed by atoms with E-state index in [2.05, 4.69) is 5.32 Å². The molecular weight excluding hydrogens is 308 g/mol. The van der Waals surface area contributed by atoms with E-state index in [1.165, 1.54) is 11.6 Å². The number of rotatable bonds is 6. The summed E-state index contributed by atoms with van der Waals surface area (Å²) < 4.78 is 13.2. The Morgan fingerprint density at radius 3 is 2.24 bits per heavy atom. The van der Waals surface area contributed by atoms with Gasteiger partial charge in [-0.15, -0.1) is 0 Å². The van der Waals surface area contributed by atoms with Gasteiger partial charge in [0.1, 0.15) is 5.82 Å². The van der Waals surface area contributed by atoms with E-state index < -0.39 is 0 Å². The second-order valence-electron chi connectivity index (χ2n) is 5.21. The predicted octanol–water partition coefficient (Wildman–Crippen LogP) is 4.75. The Morgan fingerprint density at radius 1 is 1.00 bits per heavy atom. The minimum atomic E-state index is -0.372. The fourth-order valence-electron chi connectivity index (χ4n) is 2.46. The highest BCUT2D eigenvalue weighted by Crippen LogP contribution is 2.20. The van der Waals surface area contributed by atoms with Crippen LogP contribution in [0.15, 0.2) is 42.5 Å². The SMILES string of the molecule is CNCC(Cc1ccc(Cl)cc1)Cc1ccc(F)c(Cl)c1. The van der Waals surface area contributed by atoms with E-state index in [1.807, 2.05) is 31.3 Å². The fraction of sp³-hybridized carbons (Fsp3) is 0.294. The number of hydrogen-bond donors (Lipinski definition) is 1. The quantitative estimate of drug-likeness (QED) is 0.807. The Balaban J connectivity index is 2.07. The van der Waals surface area contributed by atoms with Crippen LogP contribution in [0.4, 0.5) is 4.39 Å². The molecule has 0 aliphatic rings. The van der Waals surface area contributed by atoms with Crippen LogP contribution >= 0.6 is 23.2 Å². The Bertz CT molecular complexity index is 584. The summed E-state index contributed by atoms with van der Waals surface area (Å²) in [5.74, 6) is 0.0426. The van der Waals surface area contributed by atoms with E-state index in [9.17, 15) is 4.39 Å². The molecule has 0 aliphatic heterocycles. The van der Waals surface area contributed by atoms with Crippen molar-refractivity contribution >= 4 is 23.2 Å². The molecular formula is C17H18Cl2FN. The summed E-state index contributed by atoms with van der Waals surface area (Å²) in [5, 5.41) is 4.14. The molecule has 0 heterocycles. The zero-order valence-electron chi connectivity index (χ0n) is 11.9. The molecule has 0 aromatic heterocycles. The summed E-state index contributed by atoms with van der Waals surface area (Å²) in [6, 6.07) is 12.8. The average molecular weight is 326 g/mol. The molecule has 1 unspecified atom stereocenters. The molecule has 21 heavy (non-hydrogen) atoms. The number of benzene rings is 2. The standard InChI is InChI=1S/C17H18Cl2FN/c1-21-11-14(8-12-2-5-15(18)6-3-12)9-13-4-7-17(20)16(19)10-13/h2-7,10,14,21H,8-9,11H2,1H3. The van der Waals surface area contributed by atoms with Gasteiger partial charge in [-0.1, -0.05) is 41.4 Å². The van der Waals surface area contributed by atoms with Gasteiger partial charge in [0.05, 0.1) is 5.02 Å². The minimum absolute atomic E-state index is 0.183. The molecule has 4 heteroatoms. The smallest absolute Gasteiger partial charge is 0.141 e. The van der Waals surface area contributed by atoms with Gasteiger partial charge in [0, 0.05) is 5.02 Å². The number of hydrogen-bond acceptors (Lipinski definition) is 1. The maximum absolute atomic E-state index is 13.2. The van der Waals surface area contributed by atoms with Gasteiger partial charge in [-0.25, -0.2) is 4.39 Å². The van der Waals surface area contributed by atoms with Crippen LogP contribution in [0.5, 0.6) is 0 Å². The summed E-state index contributed by atoms with van der Waals surface area (Å²) in [4.78, 5) is 0. The van der Waals surface area contributed by atoms with Gasteiger partial charge in [0.15, 0.2) is 0 Å². The second kappa shape index (κ2) is 7.79. The van der Waals surface area contributed by atoms with Crippen molar-refractivity contribution in [3.05, 3.63) is 69.5 Å². The van der Waals surface area contributed by atoms with Crippen LogP contribution in [0, 0.1) is 11.7 Å². The lowest BCUT2D eigenvalue weighted by atomic mass is 9.92.